The molecule has 0 saturated heterocycles. The molecule has 0 spiro atoms. The van der Waals surface area contributed by atoms with Crippen LogP contribution in [-0.4, -0.2) is 31.1 Å². The van der Waals surface area contributed by atoms with Crippen molar-refractivity contribution in [3.05, 3.63) is 38.9 Å². The van der Waals surface area contributed by atoms with Gasteiger partial charge in [0.1, 0.15) is 5.02 Å². The highest BCUT2D eigenvalue weighted by Gasteiger charge is 2.19. The van der Waals surface area contributed by atoms with E-state index in [2.05, 4.69) is 5.32 Å². The molecule has 1 amide bonds. The van der Waals surface area contributed by atoms with Gasteiger partial charge in [-0.25, -0.2) is 0 Å². The first-order valence-electron chi connectivity index (χ1n) is 5.78. The molecule has 0 fully saturated rings. The van der Waals surface area contributed by atoms with E-state index in [-0.39, 0.29) is 16.3 Å². The van der Waals surface area contributed by atoms with E-state index < -0.39 is 10.8 Å². The molecule has 104 valence electrons. The molecule has 6 nitrogen and oxygen atoms in total. The minimum Gasteiger partial charge on any atom is -0.385 e. The van der Waals surface area contributed by atoms with E-state index in [1.165, 1.54) is 18.2 Å². The van der Waals surface area contributed by atoms with Gasteiger partial charge in [0.05, 0.1) is 10.5 Å². The summed E-state index contributed by atoms with van der Waals surface area (Å²) >= 11 is 5.84. The lowest BCUT2D eigenvalue weighted by Crippen LogP contribution is -2.25. The van der Waals surface area contributed by atoms with Gasteiger partial charge in [-0.3, -0.25) is 14.9 Å². The predicted molar refractivity (Wildman–Crippen MR) is 71.5 cm³/mol. The van der Waals surface area contributed by atoms with Gasteiger partial charge in [0.2, 0.25) is 0 Å². The molecule has 0 atom stereocenters. The smallest absolute Gasteiger partial charge is 0.288 e. The van der Waals surface area contributed by atoms with Crippen LogP contribution in [0.25, 0.3) is 0 Å². The fourth-order valence-electron chi connectivity index (χ4n) is 1.50. The molecule has 0 aliphatic heterocycles. The van der Waals surface area contributed by atoms with E-state index in [0.717, 1.165) is 12.8 Å². The number of amides is 1. The van der Waals surface area contributed by atoms with Gasteiger partial charge in [0, 0.05) is 26.3 Å². The molecule has 1 aromatic carbocycles. The van der Waals surface area contributed by atoms with Crippen LogP contribution in [0.1, 0.15) is 23.2 Å². The van der Waals surface area contributed by atoms with Gasteiger partial charge < -0.3 is 10.1 Å². The lowest BCUT2D eigenvalue weighted by atomic mass is 10.2. The van der Waals surface area contributed by atoms with E-state index in [1.807, 2.05) is 0 Å². The topological polar surface area (TPSA) is 81.5 Å². The van der Waals surface area contributed by atoms with Crippen molar-refractivity contribution in [3.63, 3.8) is 0 Å². The molecule has 1 rings (SSSR count). The van der Waals surface area contributed by atoms with Gasteiger partial charge >= 0.3 is 0 Å². The molecule has 0 aliphatic carbocycles. The Kier molecular flexibility index (Phi) is 6.24. The summed E-state index contributed by atoms with van der Waals surface area (Å²) in [6.45, 7) is 1.11. The highest BCUT2D eigenvalue weighted by Crippen LogP contribution is 2.27. The number of halogens is 1. The van der Waals surface area contributed by atoms with Crippen molar-refractivity contribution in [3.8, 4) is 0 Å². The van der Waals surface area contributed by atoms with Gasteiger partial charge in [0.25, 0.3) is 11.6 Å². The number of nitro groups is 1. The van der Waals surface area contributed by atoms with Gasteiger partial charge in [-0.05, 0) is 18.9 Å². The van der Waals surface area contributed by atoms with Crippen molar-refractivity contribution in [2.24, 2.45) is 0 Å². The lowest BCUT2D eigenvalue weighted by molar-refractivity contribution is -0.384. The van der Waals surface area contributed by atoms with Crippen LogP contribution in [0.15, 0.2) is 18.2 Å². The first kappa shape index (κ1) is 15.4. The summed E-state index contributed by atoms with van der Waals surface area (Å²) in [5.74, 6) is -0.411. The quantitative estimate of drug-likeness (QED) is 0.474. The number of carbonyl (C=O) groups excluding carboxylic acids is 1. The molecule has 1 N–H and O–H groups in total. The average molecular weight is 287 g/mol. The third-order valence-electron chi connectivity index (χ3n) is 2.48. The highest BCUT2D eigenvalue weighted by atomic mass is 35.5. The maximum absolute atomic E-state index is 11.8. The minimum atomic E-state index is -0.613. The number of unbranched alkanes of at least 4 members (excludes halogenated alkanes) is 1. The van der Waals surface area contributed by atoms with Crippen LogP contribution in [-0.2, 0) is 4.74 Å². The Bertz CT molecular complexity index is 465. The number of ether oxygens (including phenoxy) is 1. The Morgan fingerprint density at radius 1 is 1.47 bits per heavy atom. The van der Waals surface area contributed by atoms with E-state index in [1.54, 1.807) is 7.11 Å². The van der Waals surface area contributed by atoms with Crippen LogP contribution in [0.5, 0.6) is 0 Å². The first-order valence-corrected chi connectivity index (χ1v) is 6.15. The number of hydrogen-bond donors (Lipinski definition) is 1. The summed E-state index contributed by atoms with van der Waals surface area (Å²) in [7, 11) is 1.61. The van der Waals surface area contributed by atoms with E-state index >= 15 is 0 Å². The van der Waals surface area contributed by atoms with Crippen LogP contribution in [0.3, 0.4) is 0 Å². The molecule has 0 aromatic heterocycles. The largest absolute Gasteiger partial charge is 0.385 e. The molecule has 7 heteroatoms. The van der Waals surface area contributed by atoms with E-state index in [9.17, 15) is 14.9 Å². The molecule has 0 aliphatic rings. The Labute approximate surface area is 115 Å². The molecular formula is C12H15ClN2O4. The van der Waals surface area contributed by atoms with Crippen molar-refractivity contribution < 1.29 is 14.5 Å². The summed E-state index contributed by atoms with van der Waals surface area (Å²) in [5.41, 5.74) is -0.156. The minimum absolute atomic E-state index is 0.114. The van der Waals surface area contributed by atoms with E-state index in [4.69, 9.17) is 16.3 Å². The number of hydrogen-bond acceptors (Lipinski definition) is 4. The molecule has 0 bridgehead atoms. The molecule has 1 aromatic rings. The monoisotopic (exact) mass is 286 g/mol. The zero-order valence-electron chi connectivity index (χ0n) is 10.5. The van der Waals surface area contributed by atoms with Gasteiger partial charge in [0.15, 0.2) is 0 Å². The summed E-state index contributed by atoms with van der Waals surface area (Å²) in [4.78, 5) is 21.9. The Morgan fingerprint density at radius 3 is 2.84 bits per heavy atom. The van der Waals surface area contributed by atoms with Crippen LogP contribution in [0, 0.1) is 10.1 Å². The van der Waals surface area contributed by atoms with E-state index in [0.29, 0.717) is 13.2 Å². The summed E-state index contributed by atoms with van der Waals surface area (Å²) in [6, 6.07) is 4.15. The highest BCUT2D eigenvalue weighted by molar-refractivity contribution is 6.35. The fraction of sp³-hybridized carbons (Fsp3) is 0.417. The second kappa shape index (κ2) is 7.70. The molecule has 0 unspecified atom stereocenters. The van der Waals surface area contributed by atoms with Crippen LogP contribution < -0.4 is 5.32 Å². The third-order valence-corrected chi connectivity index (χ3v) is 2.88. The molecule has 0 radical (unpaired) electrons. The SMILES string of the molecule is COCCCCNC(=O)c1cccc([N+](=O)[O-])c1Cl. The van der Waals surface area contributed by atoms with Gasteiger partial charge in [-0.1, -0.05) is 17.7 Å². The number of methoxy groups -OCH3 is 1. The molecule has 19 heavy (non-hydrogen) atoms. The molecule has 0 heterocycles. The number of nitrogens with one attached hydrogen (secondary N) is 1. The first-order chi connectivity index (χ1) is 9.07. The Balaban J connectivity index is 2.62. The summed E-state index contributed by atoms with van der Waals surface area (Å²) < 4.78 is 4.89. The number of benzene rings is 1. The maximum Gasteiger partial charge on any atom is 0.288 e. The number of nitrogens with zero attached hydrogens (tertiary/aromatic N) is 1. The summed E-state index contributed by atoms with van der Waals surface area (Å²) in [6.07, 6.45) is 1.60. The Morgan fingerprint density at radius 2 is 2.21 bits per heavy atom. The second-order valence-electron chi connectivity index (χ2n) is 3.85. The number of carbonyl (C=O) groups is 1. The Hall–Kier alpha value is -1.66. The molecule has 0 saturated carbocycles. The predicted octanol–water partition coefficient (Wildman–Crippen LogP) is 2.40. The fourth-order valence-corrected chi connectivity index (χ4v) is 1.79. The third kappa shape index (κ3) is 4.50. The maximum atomic E-state index is 11.8. The van der Waals surface area contributed by atoms with Crippen molar-refractivity contribution in [2.75, 3.05) is 20.3 Å². The second-order valence-corrected chi connectivity index (χ2v) is 4.23. The average Bonchev–Trinajstić information content (AvgIpc) is 2.38. The van der Waals surface area contributed by atoms with Crippen molar-refractivity contribution >= 4 is 23.2 Å². The van der Waals surface area contributed by atoms with Crippen molar-refractivity contribution in [1.29, 1.82) is 0 Å². The van der Waals surface area contributed by atoms with Crippen molar-refractivity contribution in [1.82, 2.24) is 5.32 Å². The normalized spacial score (nSPS) is 10.2. The summed E-state index contributed by atoms with van der Waals surface area (Å²) in [5, 5.41) is 13.2. The van der Waals surface area contributed by atoms with Crippen molar-refractivity contribution in [2.45, 2.75) is 12.8 Å². The van der Waals surface area contributed by atoms with Crippen LogP contribution >= 0.6 is 11.6 Å². The van der Waals surface area contributed by atoms with Gasteiger partial charge in [-0.15, -0.1) is 0 Å². The van der Waals surface area contributed by atoms with Crippen LogP contribution in [0.2, 0.25) is 5.02 Å². The van der Waals surface area contributed by atoms with Gasteiger partial charge in [-0.2, -0.15) is 0 Å². The standard InChI is InChI=1S/C12H15ClN2O4/c1-19-8-3-2-7-14-12(16)9-5-4-6-10(11(9)13)15(17)18/h4-6H,2-3,7-8H2,1H3,(H,14,16). The molecular weight excluding hydrogens is 272 g/mol. The zero-order valence-corrected chi connectivity index (χ0v) is 11.3. The zero-order chi connectivity index (χ0) is 14.3. The van der Waals surface area contributed by atoms with Crippen LogP contribution in [0.4, 0.5) is 5.69 Å². The number of nitro benzene ring substituents is 1. The lowest BCUT2D eigenvalue weighted by Gasteiger charge is -2.06. The number of rotatable bonds is 7.